The molecule has 1 rings (SSSR count). The fourth-order valence-electron chi connectivity index (χ4n) is 1.19. The summed E-state index contributed by atoms with van der Waals surface area (Å²) in [6, 6.07) is 2.46. The molecule has 0 heterocycles. The van der Waals surface area contributed by atoms with Gasteiger partial charge in [0.2, 0.25) is 0 Å². The molecule has 0 spiro atoms. The van der Waals surface area contributed by atoms with Crippen molar-refractivity contribution in [2.24, 2.45) is 5.73 Å². The lowest BCUT2D eigenvalue weighted by atomic mass is 10.0. The Bertz CT molecular complexity index is 382. The van der Waals surface area contributed by atoms with Crippen molar-refractivity contribution in [1.82, 2.24) is 0 Å². The first-order chi connectivity index (χ1) is 6.45. The molecule has 15 heavy (non-hydrogen) atoms. The highest BCUT2D eigenvalue weighted by Crippen LogP contribution is 2.33. The Morgan fingerprint density at radius 1 is 1.53 bits per heavy atom. The second-order valence-corrected chi connectivity index (χ2v) is 3.81. The SMILES string of the molecule is C[C@@H](N)c1c(Br)ccc(C(=O)O)c1O.Cl. The zero-order chi connectivity index (χ0) is 10.9. The average Bonchev–Trinajstić information content (AvgIpc) is 2.02. The van der Waals surface area contributed by atoms with Crippen LogP contribution in [0.3, 0.4) is 0 Å². The van der Waals surface area contributed by atoms with Crippen molar-refractivity contribution >= 4 is 34.3 Å². The van der Waals surface area contributed by atoms with Crippen LogP contribution in [0.4, 0.5) is 0 Å². The van der Waals surface area contributed by atoms with Crippen LogP contribution in [0, 0.1) is 0 Å². The van der Waals surface area contributed by atoms with Crippen molar-refractivity contribution in [2.45, 2.75) is 13.0 Å². The normalized spacial score (nSPS) is 11.7. The number of nitrogens with two attached hydrogens (primary N) is 1. The molecule has 0 bridgehead atoms. The van der Waals surface area contributed by atoms with Gasteiger partial charge in [-0.05, 0) is 19.1 Å². The number of aromatic hydroxyl groups is 1. The van der Waals surface area contributed by atoms with E-state index in [1.807, 2.05) is 0 Å². The molecule has 0 fully saturated rings. The van der Waals surface area contributed by atoms with Crippen molar-refractivity contribution in [3.63, 3.8) is 0 Å². The van der Waals surface area contributed by atoms with E-state index in [1.165, 1.54) is 6.07 Å². The van der Waals surface area contributed by atoms with E-state index in [1.54, 1.807) is 13.0 Å². The largest absolute Gasteiger partial charge is 0.507 e. The van der Waals surface area contributed by atoms with E-state index in [9.17, 15) is 9.90 Å². The summed E-state index contributed by atoms with van der Waals surface area (Å²) in [5.74, 6) is -1.45. The third-order valence-electron chi connectivity index (χ3n) is 1.85. The molecule has 0 saturated heterocycles. The van der Waals surface area contributed by atoms with E-state index in [0.29, 0.717) is 10.0 Å². The maximum atomic E-state index is 10.7. The standard InChI is InChI=1S/C9H10BrNO3.ClH/c1-4(11)7-6(10)3-2-5(8(7)12)9(13)14;/h2-4,12H,11H2,1H3,(H,13,14);1H/t4-;/m1./s1. The minimum Gasteiger partial charge on any atom is -0.507 e. The van der Waals surface area contributed by atoms with Crippen LogP contribution < -0.4 is 5.73 Å². The second kappa shape index (κ2) is 5.34. The smallest absolute Gasteiger partial charge is 0.339 e. The van der Waals surface area contributed by atoms with Gasteiger partial charge < -0.3 is 15.9 Å². The molecular formula is C9H11BrClNO3. The van der Waals surface area contributed by atoms with E-state index in [-0.39, 0.29) is 23.7 Å². The number of phenols is 1. The number of hydrogen-bond acceptors (Lipinski definition) is 3. The molecule has 4 N–H and O–H groups in total. The molecule has 0 aliphatic carbocycles. The Balaban J connectivity index is 0.00000196. The van der Waals surface area contributed by atoms with E-state index in [2.05, 4.69) is 15.9 Å². The summed E-state index contributed by atoms with van der Waals surface area (Å²) < 4.78 is 0.606. The van der Waals surface area contributed by atoms with Gasteiger partial charge in [0.1, 0.15) is 11.3 Å². The summed E-state index contributed by atoms with van der Waals surface area (Å²) in [7, 11) is 0. The van der Waals surface area contributed by atoms with Gasteiger partial charge in [0.15, 0.2) is 0 Å². The highest BCUT2D eigenvalue weighted by Gasteiger charge is 2.18. The van der Waals surface area contributed by atoms with E-state index in [4.69, 9.17) is 10.8 Å². The molecule has 6 heteroatoms. The monoisotopic (exact) mass is 295 g/mol. The molecule has 1 aromatic carbocycles. The number of rotatable bonds is 2. The maximum Gasteiger partial charge on any atom is 0.339 e. The molecule has 0 aliphatic rings. The molecule has 0 aromatic heterocycles. The van der Waals surface area contributed by atoms with Crippen molar-refractivity contribution < 1.29 is 15.0 Å². The lowest BCUT2D eigenvalue weighted by Gasteiger charge is -2.12. The molecule has 0 aliphatic heterocycles. The van der Waals surface area contributed by atoms with Gasteiger partial charge in [-0.3, -0.25) is 0 Å². The maximum absolute atomic E-state index is 10.7. The number of carboxylic acids is 1. The Morgan fingerprint density at radius 2 is 2.07 bits per heavy atom. The summed E-state index contributed by atoms with van der Waals surface area (Å²) in [6.45, 7) is 1.67. The van der Waals surface area contributed by atoms with Crippen LogP contribution in [0.2, 0.25) is 0 Å². The second-order valence-electron chi connectivity index (χ2n) is 2.95. The molecule has 0 radical (unpaired) electrons. The predicted molar refractivity (Wildman–Crippen MR) is 62.6 cm³/mol. The third-order valence-corrected chi connectivity index (χ3v) is 2.54. The molecule has 1 aromatic rings. The molecule has 0 saturated carbocycles. The van der Waals surface area contributed by atoms with Gasteiger partial charge in [0, 0.05) is 16.1 Å². The van der Waals surface area contributed by atoms with Crippen molar-refractivity contribution in [1.29, 1.82) is 0 Å². The summed E-state index contributed by atoms with van der Waals surface area (Å²) in [4.78, 5) is 10.7. The van der Waals surface area contributed by atoms with Crippen molar-refractivity contribution in [3.8, 4) is 5.75 Å². The van der Waals surface area contributed by atoms with Gasteiger partial charge in [-0.1, -0.05) is 15.9 Å². The molecule has 0 amide bonds. The fraction of sp³-hybridized carbons (Fsp3) is 0.222. The number of hydrogen-bond donors (Lipinski definition) is 3. The quantitative estimate of drug-likeness (QED) is 0.782. The van der Waals surface area contributed by atoms with Crippen molar-refractivity contribution in [3.05, 3.63) is 27.7 Å². The lowest BCUT2D eigenvalue weighted by molar-refractivity contribution is 0.0693. The molecular weight excluding hydrogens is 285 g/mol. The van der Waals surface area contributed by atoms with E-state index < -0.39 is 12.0 Å². The molecule has 0 unspecified atom stereocenters. The van der Waals surface area contributed by atoms with Gasteiger partial charge in [0.05, 0.1) is 0 Å². The third kappa shape index (κ3) is 2.84. The first-order valence-electron chi connectivity index (χ1n) is 3.95. The molecule has 84 valence electrons. The van der Waals surface area contributed by atoms with Gasteiger partial charge >= 0.3 is 5.97 Å². The first kappa shape index (κ1) is 14.2. The number of aromatic carboxylic acids is 1. The molecule has 1 atom stereocenters. The summed E-state index contributed by atoms with van der Waals surface area (Å²) in [5, 5.41) is 18.4. The van der Waals surface area contributed by atoms with Crippen LogP contribution in [0.15, 0.2) is 16.6 Å². The summed E-state index contributed by atoms with van der Waals surface area (Å²) in [5.41, 5.74) is 5.87. The number of benzene rings is 1. The fourth-order valence-corrected chi connectivity index (χ4v) is 1.87. The Labute approximate surface area is 102 Å². The number of carboxylic acid groups (broad SMARTS) is 1. The number of carbonyl (C=O) groups is 1. The van der Waals surface area contributed by atoms with Gasteiger partial charge in [0.25, 0.3) is 0 Å². The van der Waals surface area contributed by atoms with Crippen LogP contribution in [-0.2, 0) is 0 Å². The minimum absolute atomic E-state index is 0. The van der Waals surface area contributed by atoms with E-state index >= 15 is 0 Å². The van der Waals surface area contributed by atoms with Crippen LogP contribution >= 0.6 is 28.3 Å². The first-order valence-corrected chi connectivity index (χ1v) is 4.74. The highest BCUT2D eigenvalue weighted by atomic mass is 79.9. The van der Waals surface area contributed by atoms with Crippen LogP contribution in [-0.4, -0.2) is 16.2 Å². The highest BCUT2D eigenvalue weighted by molar-refractivity contribution is 9.10. The van der Waals surface area contributed by atoms with Crippen LogP contribution in [0.5, 0.6) is 5.75 Å². The zero-order valence-corrected chi connectivity index (χ0v) is 10.3. The van der Waals surface area contributed by atoms with Gasteiger partial charge in [-0.2, -0.15) is 0 Å². The van der Waals surface area contributed by atoms with Crippen LogP contribution in [0.1, 0.15) is 28.9 Å². The summed E-state index contributed by atoms with van der Waals surface area (Å²) in [6.07, 6.45) is 0. The van der Waals surface area contributed by atoms with Crippen LogP contribution in [0.25, 0.3) is 0 Å². The van der Waals surface area contributed by atoms with E-state index in [0.717, 1.165) is 0 Å². The zero-order valence-electron chi connectivity index (χ0n) is 7.90. The lowest BCUT2D eigenvalue weighted by Crippen LogP contribution is -2.08. The molecule has 4 nitrogen and oxygen atoms in total. The van der Waals surface area contributed by atoms with Crippen molar-refractivity contribution in [2.75, 3.05) is 0 Å². The Hall–Kier alpha value is -0.780. The Kier molecular flexibility index (Phi) is 5.07. The Morgan fingerprint density at radius 3 is 2.47 bits per heavy atom. The topological polar surface area (TPSA) is 83.6 Å². The number of halogens is 2. The minimum atomic E-state index is -1.17. The summed E-state index contributed by atoms with van der Waals surface area (Å²) >= 11 is 3.20. The average molecular weight is 297 g/mol. The van der Waals surface area contributed by atoms with Gasteiger partial charge in [-0.15, -0.1) is 12.4 Å². The van der Waals surface area contributed by atoms with Gasteiger partial charge in [-0.25, -0.2) is 4.79 Å². The predicted octanol–water partition coefficient (Wildman–Crippen LogP) is 2.29.